The van der Waals surface area contributed by atoms with Gasteiger partial charge in [-0.05, 0) is 43.2 Å². The molecule has 2 aromatic carbocycles. The summed E-state index contributed by atoms with van der Waals surface area (Å²) in [5, 5.41) is 15.3. The fourth-order valence-corrected chi connectivity index (χ4v) is 3.68. The number of thiazole rings is 1. The molecule has 0 unspecified atom stereocenters. The zero-order valence-electron chi connectivity index (χ0n) is 13.7. The van der Waals surface area contributed by atoms with Gasteiger partial charge in [-0.15, -0.1) is 0 Å². The van der Waals surface area contributed by atoms with E-state index in [9.17, 15) is 9.90 Å². The van der Waals surface area contributed by atoms with Crippen LogP contribution in [0.15, 0.2) is 47.5 Å². The van der Waals surface area contributed by atoms with E-state index in [2.05, 4.69) is 22.2 Å². The highest BCUT2D eigenvalue weighted by atomic mass is 32.1. The molecule has 1 aromatic heterocycles. The molecule has 4 rings (SSSR count). The molecule has 0 spiro atoms. The largest absolute Gasteiger partial charge is 0.492 e. The average Bonchev–Trinajstić information content (AvgIpc) is 3.09. The first kappa shape index (κ1) is 15.5. The molecule has 0 atom stereocenters. The Hall–Kier alpha value is -2.99. The van der Waals surface area contributed by atoms with Gasteiger partial charge in [-0.2, -0.15) is 4.98 Å². The Morgan fingerprint density at radius 3 is 2.68 bits per heavy atom. The van der Waals surface area contributed by atoms with Gasteiger partial charge in [-0.1, -0.05) is 35.6 Å². The summed E-state index contributed by atoms with van der Waals surface area (Å²) in [6.45, 7) is 4.09. The predicted molar refractivity (Wildman–Crippen MR) is 97.7 cm³/mol. The van der Waals surface area contributed by atoms with Gasteiger partial charge in [-0.3, -0.25) is 4.79 Å². The second kappa shape index (κ2) is 5.82. The molecular weight excluding hydrogens is 334 g/mol. The van der Waals surface area contributed by atoms with Gasteiger partial charge in [0.1, 0.15) is 4.88 Å². The molecule has 3 aromatic rings. The topological polar surface area (TPSA) is 74.6 Å². The van der Waals surface area contributed by atoms with E-state index >= 15 is 0 Å². The number of amides is 1. The molecule has 1 aliphatic rings. The van der Waals surface area contributed by atoms with Crippen LogP contribution in [-0.4, -0.2) is 16.0 Å². The Labute approximate surface area is 148 Å². The summed E-state index contributed by atoms with van der Waals surface area (Å²) >= 11 is 1.24. The highest BCUT2D eigenvalue weighted by molar-refractivity contribution is 7.17. The van der Waals surface area contributed by atoms with E-state index in [4.69, 9.17) is 0 Å². The molecule has 6 heteroatoms. The van der Waals surface area contributed by atoms with E-state index in [1.165, 1.54) is 22.5 Å². The zero-order valence-corrected chi connectivity index (χ0v) is 14.5. The summed E-state index contributed by atoms with van der Waals surface area (Å²) in [5.74, 6) is -0.510. The number of hydrogen-bond donors (Lipinski definition) is 2. The van der Waals surface area contributed by atoms with Gasteiger partial charge in [0.15, 0.2) is 5.13 Å². The maximum Gasteiger partial charge on any atom is 0.279 e. The molecule has 0 saturated carbocycles. The van der Waals surface area contributed by atoms with Crippen LogP contribution in [0, 0.1) is 13.8 Å². The van der Waals surface area contributed by atoms with Gasteiger partial charge >= 0.3 is 0 Å². The number of nitrogens with one attached hydrogen (secondary N) is 1. The minimum atomic E-state index is -0.349. The standard InChI is InChI=1S/C19H15N3O2S/c1-10-7-8-12(9-11(10)2)20-19-22-18(24)16(25-19)15-13-5-3-4-6-14(13)21-17(15)23/h3-9,24H,1-2H3,(H,20,22). The number of para-hydroxylation sites is 1. The lowest BCUT2D eigenvalue weighted by atomic mass is 10.1. The third kappa shape index (κ3) is 2.70. The number of fused-ring (bicyclic) bond motifs is 1. The molecule has 0 bridgehead atoms. The lowest BCUT2D eigenvalue weighted by Crippen LogP contribution is -2.22. The number of aryl methyl sites for hydroxylation is 2. The fourth-order valence-electron chi connectivity index (χ4n) is 2.75. The Morgan fingerprint density at radius 1 is 1.08 bits per heavy atom. The highest BCUT2D eigenvalue weighted by Gasteiger charge is 2.24. The van der Waals surface area contributed by atoms with E-state index in [1.54, 1.807) is 6.07 Å². The minimum Gasteiger partial charge on any atom is -0.492 e. The van der Waals surface area contributed by atoms with Gasteiger partial charge in [0.25, 0.3) is 5.91 Å². The molecule has 0 radical (unpaired) electrons. The second-order valence-electron chi connectivity index (χ2n) is 5.90. The Balaban J connectivity index is 1.76. The van der Waals surface area contributed by atoms with Gasteiger partial charge in [0.05, 0.1) is 10.9 Å². The van der Waals surface area contributed by atoms with Crippen molar-refractivity contribution in [3.63, 3.8) is 0 Å². The van der Waals surface area contributed by atoms with Crippen LogP contribution >= 0.6 is 11.3 Å². The van der Waals surface area contributed by atoms with Crippen LogP contribution in [0.25, 0.3) is 5.57 Å². The van der Waals surface area contributed by atoms with Crippen molar-refractivity contribution in [1.29, 1.82) is 0 Å². The van der Waals surface area contributed by atoms with Crippen molar-refractivity contribution in [2.45, 2.75) is 13.8 Å². The molecule has 124 valence electrons. The lowest BCUT2D eigenvalue weighted by molar-refractivity contribution is -0.112. The maximum absolute atomic E-state index is 12.3. The van der Waals surface area contributed by atoms with Crippen molar-refractivity contribution >= 4 is 33.6 Å². The second-order valence-corrected chi connectivity index (χ2v) is 6.90. The number of hydrogen-bond acceptors (Lipinski definition) is 5. The third-order valence-corrected chi connectivity index (χ3v) is 5.18. The molecule has 0 fully saturated rings. The van der Waals surface area contributed by atoms with Crippen molar-refractivity contribution < 1.29 is 9.90 Å². The summed E-state index contributed by atoms with van der Waals surface area (Å²) in [6.07, 6.45) is 0. The smallest absolute Gasteiger partial charge is 0.279 e. The number of aromatic hydroxyl groups is 1. The number of carbonyl (C=O) groups is 1. The number of rotatable bonds is 3. The SMILES string of the molecule is Cc1ccc(Nc2nc(O)c(C3=c4ccccc4=NC3=O)s2)cc1C. The maximum atomic E-state index is 12.3. The van der Waals surface area contributed by atoms with Gasteiger partial charge in [0, 0.05) is 10.9 Å². The molecule has 1 aliphatic heterocycles. The van der Waals surface area contributed by atoms with Gasteiger partial charge in [-0.25, -0.2) is 4.99 Å². The first-order valence-electron chi connectivity index (χ1n) is 7.80. The Kier molecular flexibility index (Phi) is 3.62. The van der Waals surface area contributed by atoms with Crippen LogP contribution in [-0.2, 0) is 4.79 Å². The summed E-state index contributed by atoms with van der Waals surface area (Å²) in [5.41, 5.74) is 3.66. The number of benzene rings is 2. The minimum absolute atomic E-state index is 0.161. The molecular formula is C19H15N3O2S. The van der Waals surface area contributed by atoms with Crippen LogP contribution in [0.4, 0.5) is 10.8 Å². The van der Waals surface area contributed by atoms with Crippen LogP contribution in [0.2, 0.25) is 0 Å². The van der Waals surface area contributed by atoms with E-state index in [0.717, 1.165) is 10.9 Å². The molecule has 0 saturated heterocycles. The molecule has 1 amide bonds. The van der Waals surface area contributed by atoms with Crippen LogP contribution in [0.3, 0.4) is 0 Å². The van der Waals surface area contributed by atoms with Crippen LogP contribution in [0.1, 0.15) is 16.0 Å². The lowest BCUT2D eigenvalue weighted by Gasteiger charge is -2.05. The van der Waals surface area contributed by atoms with Crippen molar-refractivity contribution in [2.75, 3.05) is 5.32 Å². The molecule has 5 nitrogen and oxygen atoms in total. The predicted octanol–water partition coefficient (Wildman–Crippen LogP) is 2.57. The normalized spacial score (nSPS) is 12.9. The number of aromatic nitrogens is 1. The van der Waals surface area contributed by atoms with E-state index < -0.39 is 0 Å². The Morgan fingerprint density at radius 2 is 1.88 bits per heavy atom. The molecule has 0 aliphatic carbocycles. The van der Waals surface area contributed by atoms with Crippen LogP contribution in [0.5, 0.6) is 5.88 Å². The molecule has 25 heavy (non-hydrogen) atoms. The summed E-state index contributed by atoms with van der Waals surface area (Å²) < 4.78 is 0. The van der Waals surface area contributed by atoms with Gasteiger partial charge in [0.2, 0.25) is 5.88 Å². The third-order valence-electron chi connectivity index (χ3n) is 4.20. The van der Waals surface area contributed by atoms with Crippen molar-refractivity contribution in [2.24, 2.45) is 4.99 Å². The van der Waals surface area contributed by atoms with E-state index in [0.29, 0.717) is 20.9 Å². The van der Waals surface area contributed by atoms with Gasteiger partial charge < -0.3 is 10.4 Å². The fraction of sp³-hybridized carbons (Fsp3) is 0.105. The summed E-state index contributed by atoms with van der Waals surface area (Å²) in [7, 11) is 0. The first-order valence-corrected chi connectivity index (χ1v) is 8.61. The Bertz CT molecular complexity index is 1130. The first-order chi connectivity index (χ1) is 12.0. The van der Waals surface area contributed by atoms with Crippen molar-refractivity contribution in [3.8, 4) is 5.88 Å². The molecule has 2 N–H and O–H groups in total. The highest BCUT2D eigenvalue weighted by Crippen LogP contribution is 2.35. The number of nitrogens with zero attached hydrogens (tertiary/aromatic N) is 2. The number of anilines is 2. The zero-order chi connectivity index (χ0) is 17.6. The van der Waals surface area contributed by atoms with Crippen LogP contribution < -0.4 is 15.9 Å². The summed E-state index contributed by atoms with van der Waals surface area (Å²) in [4.78, 5) is 20.9. The molecule has 2 heterocycles. The quantitative estimate of drug-likeness (QED) is 0.762. The van der Waals surface area contributed by atoms with E-state index in [1.807, 2.05) is 43.3 Å². The van der Waals surface area contributed by atoms with Crippen molar-refractivity contribution in [3.05, 3.63) is 69.0 Å². The summed E-state index contributed by atoms with van der Waals surface area (Å²) in [6, 6.07) is 13.3. The monoisotopic (exact) mass is 349 g/mol. The van der Waals surface area contributed by atoms with Crippen molar-refractivity contribution in [1.82, 2.24) is 4.98 Å². The average molecular weight is 349 g/mol. The number of carbonyl (C=O) groups excluding carboxylic acids is 1. The van der Waals surface area contributed by atoms with E-state index in [-0.39, 0.29) is 11.8 Å².